The van der Waals surface area contributed by atoms with Crippen molar-refractivity contribution in [1.29, 1.82) is 0 Å². The highest BCUT2D eigenvalue weighted by Crippen LogP contribution is 2.29. The number of carbonyl (C=O) groups is 1. The number of aromatic nitrogens is 2. The van der Waals surface area contributed by atoms with Crippen molar-refractivity contribution in [2.45, 2.75) is 31.6 Å². The molecule has 2 unspecified atom stereocenters. The van der Waals surface area contributed by atoms with E-state index >= 15 is 0 Å². The van der Waals surface area contributed by atoms with Crippen molar-refractivity contribution in [2.24, 2.45) is 5.92 Å². The van der Waals surface area contributed by atoms with E-state index < -0.39 is 0 Å². The van der Waals surface area contributed by atoms with Gasteiger partial charge in [0.25, 0.3) is 0 Å². The van der Waals surface area contributed by atoms with Crippen molar-refractivity contribution in [3.05, 3.63) is 30.1 Å². The molecule has 1 saturated heterocycles. The summed E-state index contributed by atoms with van der Waals surface area (Å²) in [5, 5.41) is 7.01. The zero-order valence-corrected chi connectivity index (χ0v) is 10.5. The number of rotatable bonds is 2. The van der Waals surface area contributed by atoms with Crippen molar-refractivity contribution < 1.29 is 4.79 Å². The summed E-state index contributed by atoms with van der Waals surface area (Å²) in [6.07, 6.45) is 10.1. The van der Waals surface area contributed by atoms with E-state index in [1.54, 1.807) is 6.20 Å². The maximum absolute atomic E-state index is 12.4. The van der Waals surface area contributed by atoms with Crippen molar-refractivity contribution >= 4 is 5.91 Å². The molecule has 0 saturated carbocycles. The summed E-state index contributed by atoms with van der Waals surface area (Å²) >= 11 is 0. The average Bonchev–Trinajstić information content (AvgIpc) is 3.09. The van der Waals surface area contributed by atoms with Crippen LogP contribution in [0.1, 0.15) is 37.3 Å². The first-order valence-corrected chi connectivity index (χ1v) is 6.77. The Balaban J connectivity index is 1.61. The minimum Gasteiger partial charge on any atom is -0.342 e. The lowest BCUT2D eigenvalue weighted by Crippen LogP contribution is -2.34. The molecule has 0 aromatic carbocycles. The fourth-order valence-electron chi connectivity index (χ4n) is 2.98. The quantitative estimate of drug-likeness (QED) is 0.811. The Labute approximate surface area is 107 Å². The van der Waals surface area contributed by atoms with Crippen LogP contribution in [-0.4, -0.2) is 34.1 Å². The Kier molecular flexibility index (Phi) is 3.17. The molecule has 96 valence electrons. The summed E-state index contributed by atoms with van der Waals surface area (Å²) in [5.41, 5.74) is 1.16. The van der Waals surface area contributed by atoms with Gasteiger partial charge in [-0.05, 0) is 31.7 Å². The molecule has 2 heterocycles. The van der Waals surface area contributed by atoms with Gasteiger partial charge in [0, 0.05) is 36.8 Å². The lowest BCUT2D eigenvalue weighted by atomic mass is 9.93. The molecule has 4 heteroatoms. The second kappa shape index (κ2) is 4.96. The third-order valence-corrected chi connectivity index (χ3v) is 4.08. The van der Waals surface area contributed by atoms with Gasteiger partial charge in [0.2, 0.25) is 5.91 Å². The number of amides is 1. The lowest BCUT2D eigenvalue weighted by molar-refractivity contribution is -0.134. The molecule has 3 rings (SSSR count). The van der Waals surface area contributed by atoms with Crippen LogP contribution >= 0.6 is 0 Å². The van der Waals surface area contributed by atoms with Gasteiger partial charge in [-0.25, -0.2) is 0 Å². The summed E-state index contributed by atoms with van der Waals surface area (Å²) in [5.74, 6) is 1.01. The Morgan fingerprint density at radius 3 is 3.06 bits per heavy atom. The Hall–Kier alpha value is -1.58. The SMILES string of the molecule is O=C(C1CC=CCC1)N1CCC(c2ccn[nH]2)C1. The van der Waals surface area contributed by atoms with E-state index in [1.807, 2.05) is 11.0 Å². The molecule has 1 aromatic rings. The van der Waals surface area contributed by atoms with Crippen LogP contribution in [0.4, 0.5) is 0 Å². The van der Waals surface area contributed by atoms with Crippen LogP contribution in [0.5, 0.6) is 0 Å². The minimum absolute atomic E-state index is 0.218. The molecule has 1 N–H and O–H groups in total. The monoisotopic (exact) mass is 245 g/mol. The Bertz CT molecular complexity index is 438. The maximum atomic E-state index is 12.4. The van der Waals surface area contributed by atoms with Crippen molar-refractivity contribution in [1.82, 2.24) is 15.1 Å². The predicted octanol–water partition coefficient (Wildman–Crippen LogP) is 2.08. The van der Waals surface area contributed by atoms with Crippen molar-refractivity contribution in [3.8, 4) is 0 Å². The average molecular weight is 245 g/mol. The molecule has 1 amide bonds. The number of likely N-dealkylation sites (tertiary alicyclic amines) is 1. The summed E-state index contributed by atoms with van der Waals surface area (Å²) < 4.78 is 0. The summed E-state index contributed by atoms with van der Waals surface area (Å²) in [7, 11) is 0. The molecule has 1 aliphatic heterocycles. The highest BCUT2D eigenvalue weighted by molar-refractivity contribution is 5.79. The standard InChI is InChI=1S/C14H19N3O/c18-14(11-4-2-1-3-5-11)17-9-7-12(10-17)13-6-8-15-16-13/h1-2,6,8,11-12H,3-5,7,9-10H2,(H,15,16). The highest BCUT2D eigenvalue weighted by Gasteiger charge is 2.31. The molecule has 0 bridgehead atoms. The molecular formula is C14H19N3O. The zero-order valence-electron chi connectivity index (χ0n) is 10.5. The van der Waals surface area contributed by atoms with E-state index in [4.69, 9.17) is 0 Å². The normalized spacial score (nSPS) is 27.7. The molecule has 2 aliphatic rings. The molecule has 1 fully saturated rings. The number of aromatic amines is 1. The van der Waals surface area contributed by atoms with E-state index in [2.05, 4.69) is 22.3 Å². The van der Waals surface area contributed by atoms with Gasteiger partial charge < -0.3 is 4.90 Å². The van der Waals surface area contributed by atoms with Gasteiger partial charge >= 0.3 is 0 Å². The maximum Gasteiger partial charge on any atom is 0.226 e. The van der Waals surface area contributed by atoms with Crippen LogP contribution in [0.3, 0.4) is 0 Å². The second-order valence-corrected chi connectivity index (χ2v) is 5.26. The van der Waals surface area contributed by atoms with Gasteiger partial charge in [0.15, 0.2) is 0 Å². The first-order valence-electron chi connectivity index (χ1n) is 6.77. The fourth-order valence-corrected chi connectivity index (χ4v) is 2.98. The zero-order chi connectivity index (χ0) is 12.4. The predicted molar refractivity (Wildman–Crippen MR) is 69.0 cm³/mol. The van der Waals surface area contributed by atoms with Crippen LogP contribution in [0.2, 0.25) is 0 Å². The number of nitrogens with one attached hydrogen (secondary N) is 1. The van der Waals surface area contributed by atoms with Crippen LogP contribution in [-0.2, 0) is 4.79 Å². The number of carbonyl (C=O) groups excluding carboxylic acids is 1. The molecule has 1 aromatic heterocycles. The lowest BCUT2D eigenvalue weighted by Gasteiger charge is -2.24. The summed E-state index contributed by atoms with van der Waals surface area (Å²) in [4.78, 5) is 14.4. The van der Waals surface area contributed by atoms with E-state index in [1.165, 1.54) is 0 Å². The second-order valence-electron chi connectivity index (χ2n) is 5.26. The van der Waals surface area contributed by atoms with Gasteiger partial charge in [-0.2, -0.15) is 5.10 Å². The van der Waals surface area contributed by atoms with Crippen molar-refractivity contribution in [3.63, 3.8) is 0 Å². The number of hydrogen-bond donors (Lipinski definition) is 1. The van der Waals surface area contributed by atoms with Crippen LogP contribution in [0.15, 0.2) is 24.4 Å². The van der Waals surface area contributed by atoms with Gasteiger partial charge in [-0.15, -0.1) is 0 Å². The molecule has 0 spiro atoms. The molecule has 4 nitrogen and oxygen atoms in total. The molecular weight excluding hydrogens is 226 g/mol. The minimum atomic E-state index is 0.218. The van der Waals surface area contributed by atoms with Gasteiger partial charge in [-0.1, -0.05) is 12.2 Å². The third-order valence-electron chi connectivity index (χ3n) is 4.08. The summed E-state index contributed by atoms with van der Waals surface area (Å²) in [6, 6.07) is 2.02. The molecule has 1 aliphatic carbocycles. The smallest absolute Gasteiger partial charge is 0.226 e. The molecule has 0 radical (unpaired) electrons. The highest BCUT2D eigenvalue weighted by atomic mass is 16.2. The molecule has 2 atom stereocenters. The van der Waals surface area contributed by atoms with Gasteiger partial charge in [0.1, 0.15) is 0 Å². The number of H-pyrrole nitrogens is 1. The van der Waals surface area contributed by atoms with Gasteiger partial charge in [-0.3, -0.25) is 9.89 Å². The van der Waals surface area contributed by atoms with Gasteiger partial charge in [0.05, 0.1) is 0 Å². The first-order chi connectivity index (χ1) is 8.84. The Morgan fingerprint density at radius 1 is 1.39 bits per heavy atom. The van der Waals surface area contributed by atoms with E-state index in [9.17, 15) is 4.79 Å². The van der Waals surface area contributed by atoms with Crippen LogP contribution < -0.4 is 0 Å². The molecule has 18 heavy (non-hydrogen) atoms. The number of hydrogen-bond acceptors (Lipinski definition) is 2. The van der Waals surface area contributed by atoms with E-state index in [-0.39, 0.29) is 5.92 Å². The largest absolute Gasteiger partial charge is 0.342 e. The number of nitrogens with zero attached hydrogens (tertiary/aromatic N) is 2. The first kappa shape index (κ1) is 11.5. The summed E-state index contributed by atoms with van der Waals surface area (Å²) in [6.45, 7) is 1.74. The Morgan fingerprint density at radius 2 is 2.33 bits per heavy atom. The number of allylic oxidation sites excluding steroid dienone is 2. The third kappa shape index (κ3) is 2.19. The van der Waals surface area contributed by atoms with E-state index in [0.717, 1.165) is 44.5 Å². The van der Waals surface area contributed by atoms with Crippen LogP contribution in [0.25, 0.3) is 0 Å². The van der Waals surface area contributed by atoms with Crippen LogP contribution in [0, 0.1) is 5.92 Å². The van der Waals surface area contributed by atoms with Crippen molar-refractivity contribution in [2.75, 3.05) is 13.1 Å². The topological polar surface area (TPSA) is 49.0 Å². The van der Waals surface area contributed by atoms with E-state index in [0.29, 0.717) is 11.8 Å². The fraction of sp³-hybridized carbons (Fsp3) is 0.571.